The van der Waals surface area contributed by atoms with Gasteiger partial charge in [-0.2, -0.15) is 0 Å². The molecule has 0 fully saturated rings. The van der Waals surface area contributed by atoms with Gasteiger partial charge in [0.15, 0.2) is 5.65 Å². The lowest BCUT2D eigenvalue weighted by atomic mass is 10.2. The normalized spacial score (nSPS) is 13.0. The number of rotatable bonds is 4. The van der Waals surface area contributed by atoms with Crippen LogP contribution >= 0.6 is 0 Å². The van der Waals surface area contributed by atoms with Crippen LogP contribution in [0, 0.1) is 0 Å². The third-order valence-corrected chi connectivity index (χ3v) is 3.00. The van der Waals surface area contributed by atoms with Crippen molar-refractivity contribution in [3.05, 3.63) is 49.0 Å². The molecule has 0 atom stereocenters. The number of aromatic nitrogens is 3. The van der Waals surface area contributed by atoms with Gasteiger partial charge in [-0.25, -0.2) is 14.8 Å². The molecule has 2 aromatic heterocycles. The van der Waals surface area contributed by atoms with E-state index in [2.05, 4.69) is 37.2 Å². The van der Waals surface area contributed by atoms with E-state index in [9.17, 15) is 4.79 Å². The summed E-state index contributed by atoms with van der Waals surface area (Å²) < 4.78 is 0. The number of anilines is 1. The van der Waals surface area contributed by atoms with E-state index in [1.54, 1.807) is 30.6 Å². The van der Waals surface area contributed by atoms with Gasteiger partial charge in [-0.05, 0) is 12.1 Å². The molecule has 2 amide bonds. The number of hydrogen-bond acceptors (Lipinski definition) is 5. The van der Waals surface area contributed by atoms with Crippen molar-refractivity contribution in [2.75, 3.05) is 11.9 Å². The molecule has 7 nitrogen and oxygen atoms in total. The van der Waals surface area contributed by atoms with E-state index in [0.29, 0.717) is 29.2 Å². The summed E-state index contributed by atoms with van der Waals surface area (Å²) in [5.74, 6) is 0.409. The summed E-state index contributed by atoms with van der Waals surface area (Å²) in [5.41, 5.74) is 2.68. The lowest BCUT2D eigenvalue weighted by molar-refractivity contribution is 0.253. The number of carbonyl (C=O) groups excluding carboxylic acids is 1. The van der Waals surface area contributed by atoms with Crippen molar-refractivity contribution in [2.45, 2.75) is 6.42 Å². The fourth-order valence-electron chi connectivity index (χ4n) is 1.96. The number of hydrogen-bond donors (Lipinski definition) is 2. The van der Waals surface area contributed by atoms with Crippen LogP contribution in [0.5, 0.6) is 0 Å². The van der Waals surface area contributed by atoms with Crippen molar-refractivity contribution in [1.82, 2.24) is 20.3 Å². The maximum absolute atomic E-state index is 11.6. The van der Waals surface area contributed by atoms with E-state index in [1.165, 1.54) is 0 Å². The minimum Gasteiger partial charge on any atom is -0.334 e. The van der Waals surface area contributed by atoms with Gasteiger partial charge in [-0.3, -0.25) is 15.3 Å². The smallest absolute Gasteiger partial charge is 0.320 e. The highest BCUT2D eigenvalue weighted by Crippen LogP contribution is 2.14. The Bertz CT molecular complexity index is 796. The van der Waals surface area contributed by atoms with Crippen molar-refractivity contribution in [3.8, 4) is 0 Å². The maximum Gasteiger partial charge on any atom is 0.320 e. The molecule has 0 radical (unpaired) electrons. The van der Waals surface area contributed by atoms with Crippen LogP contribution in [0.4, 0.5) is 10.6 Å². The van der Waals surface area contributed by atoms with E-state index >= 15 is 0 Å². The summed E-state index contributed by atoms with van der Waals surface area (Å²) in [7, 11) is 0. The van der Waals surface area contributed by atoms with Gasteiger partial charge in [0, 0.05) is 19.2 Å². The molecule has 7 heteroatoms. The van der Waals surface area contributed by atoms with Crippen LogP contribution in [0.25, 0.3) is 11.2 Å². The van der Waals surface area contributed by atoms with Crippen LogP contribution in [-0.2, 0) is 0 Å². The van der Waals surface area contributed by atoms with Crippen LogP contribution < -0.4 is 10.6 Å². The standard InChI is InChI=1S/C15H14N6O/c1-2-7-17-15(22)21-13-6-5-11-14(20-13)19-12(9-18-11)10-4-3-8-16-10/h2-3,5-6,8-9H,1,4,7H2,(H2,17,19,20,21,22). The second kappa shape index (κ2) is 6.13. The van der Waals surface area contributed by atoms with Crippen molar-refractivity contribution in [1.29, 1.82) is 0 Å². The first-order valence-corrected chi connectivity index (χ1v) is 6.78. The zero-order valence-electron chi connectivity index (χ0n) is 11.8. The van der Waals surface area contributed by atoms with Gasteiger partial charge >= 0.3 is 6.03 Å². The van der Waals surface area contributed by atoms with Gasteiger partial charge in [-0.15, -0.1) is 6.58 Å². The van der Waals surface area contributed by atoms with Crippen LogP contribution in [-0.4, -0.2) is 33.2 Å². The Hall–Kier alpha value is -3.09. The lowest BCUT2D eigenvalue weighted by Crippen LogP contribution is -2.29. The molecule has 0 bridgehead atoms. The molecule has 1 aliphatic rings. The van der Waals surface area contributed by atoms with Gasteiger partial charge in [0.05, 0.1) is 11.9 Å². The molecular weight excluding hydrogens is 280 g/mol. The average Bonchev–Trinajstić information content (AvgIpc) is 3.06. The molecule has 1 aliphatic heterocycles. The number of fused-ring (bicyclic) bond motifs is 1. The fourth-order valence-corrected chi connectivity index (χ4v) is 1.96. The second-order valence-corrected chi connectivity index (χ2v) is 4.58. The van der Waals surface area contributed by atoms with Gasteiger partial charge in [0.2, 0.25) is 0 Å². The first-order chi connectivity index (χ1) is 10.8. The predicted molar refractivity (Wildman–Crippen MR) is 84.8 cm³/mol. The number of allylic oxidation sites excluding steroid dienone is 1. The number of carbonyl (C=O) groups is 1. The molecule has 0 saturated heterocycles. The predicted octanol–water partition coefficient (Wildman–Crippen LogP) is 2.04. The third-order valence-electron chi connectivity index (χ3n) is 3.00. The Morgan fingerprint density at radius 2 is 2.27 bits per heavy atom. The molecule has 22 heavy (non-hydrogen) atoms. The van der Waals surface area contributed by atoms with Gasteiger partial charge in [0.1, 0.15) is 17.0 Å². The highest BCUT2D eigenvalue weighted by atomic mass is 16.2. The fraction of sp³-hybridized carbons (Fsp3) is 0.133. The van der Waals surface area contributed by atoms with Crippen molar-refractivity contribution in [2.24, 2.45) is 4.99 Å². The molecule has 0 spiro atoms. The summed E-state index contributed by atoms with van der Waals surface area (Å²) in [6, 6.07) is 3.09. The number of urea groups is 1. The maximum atomic E-state index is 11.6. The van der Waals surface area contributed by atoms with Crippen LogP contribution in [0.15, 0.2) is 48.3 Å². The summed E-state index contributed by atoms with van der Waals surface area (Å²) in [6.07, 6.45) is 7.72. The van der Waals surface area contributed by atoms with Crippen molar-refractivity contribution in [3.63, 3.8) is 0 Å². The molecular formula is C15H14N6O. The minimum absolute atomic E-state index is 0.347. The Morgan fingerprint density at radius 1 is 1.36 bits per heavy atom. The largest absolute Gasteiger partial charge is 0.334 e. The zero-order chi connectivity index (χ0) is 15.4. The first-order valence-electron chi connectivity index (χ1n) is 6.78. The Kier molecular flexibility index (Phi) is 3.86. The molecule has 2 aromatic rings. The molecule has 0 aromatic carbocycles. The van der Waals surface area contributed by atoms with Crippen LogP contribution in [0.2, 0.25) is 0 Å². The topological polar surface area (TPSA) is 92.2 Å². The van der Waals surface area contributed by atoms with Crippen LogP contribution in [0.3, 0.4) is 0 Å². The average molecular weight is 294 g/mol. The zero-order valence-corrected chi connectivity index (χ0v) is 11.8. The molecule has 3 rings (SSSR count). The second-order valence-electron chi connectivity index (χ2n) is 4.58. The van der Waals surface area contributed by atoms with Crippen molar-refractivity contribution < 1.29 is 4.79 Å². The highest BCUT2D eigenvalue weighted by Gasteiger charge is 2.10. The van der Waals surface area contributed by atoms with E-state index in [4.69, 9.17) is 0 Å². The van der Waals surface area contributed by atoms with E-state index in [1.807, 2.05) is 6.08 Å². The molecule has 2 N–H and O–H groups in total. The van der Waals surface area contributed by atoms with Crippen LogP contribution in [0.1, 0.15) is 12.1 Å². The SMILES string of the molecule is C=CCNC(=O)Nc1ccc2ncc(C3=NC=CC3)nc2n1. The monoisotopic (exact) mass is 294 g/mol. The Balaban J connectivity index is 1.84. The van der Waals surface area contributed by atoms with Gasteiger partial charge in [-0.1, -0.05) is 12.2 Å². The lowest BCUT2D eigenvalue weighted by Gasteiger charge is -2.06. The quantitative estimate of drug-likeness (QED) is 0.844. The number of pyridine rings is 1. The van der Waals surface area contributed by atoms with E-state index in [0.717, 1.165) is 12.1 Å². The van der Waals surface area contributed by atoms with Gasteiger partial charge < -0.3 is 5.32 Å². The highest BCUT2D eigenvalue weighted by molar-refractivity contribution is 6.02. The van der Waals surface area contributed by atoms with Crippen molar-refractivity contribution >= 4 is 28.7 Å². The summed E-state index contributed by atoms with van der Waals surface area (Å²) >= 11 is 0. The minimum atomic E-state index is -0.347. The number of nitrogens with zero attached hydrogens (tertiary/aromatic N) is 4. The van der Waals surface area contributed by atoms with E-state index in [-0.39, 0.29) is 6.03 Å². The summed E-state index contributed by atoms with van der Waals surface area (Å²) in [4.78, 5) is 28.9. The molecule has 0 aliphatic carbocycles. The third kappa shape index (κ3) is 2.98. The Labute approximate surface area is 126 Å². The van der Waals surface area contributed by atoms with Gasteiger partial charge in [0.25, 0.3) is 0 Å². The molecule has 110 valence electrons. The number of aliphatic imine (C=N–C) groups is 1. The molecule has 0 saturated carbocycles. The summed E-state index contributed by atoms with van der Waals surface area (Å²) in [6.45, 7) is 3.92. The molecule has 3 heterocycles. The van der Waals surface area contributed by atoms with E-state index < -0.39 is 0 Å². The number of nitrogens with one attached hydrogen (secondary N) is 2. The first kappa shape index (κ1) is 13.9. The Morgan fingerprint density at radius 3 is 3.05 bits per heavy atom. The summed E-state index contributed by atoms with van der Waals surface area (Å²) in [5, 5.41) is 5.25. The molecule has 0 unspecified atom stereocenters. The number of amides is 2.